The number of benzene rings is 3. The van der Waals surface area contributed by atoms with E-state index in [1.165, 1.54) is 0 Å². The van der Waals surface area contributed by atoms with Crippen molar-refractivity contribution < 1.29 is 19.1 Å². The van der Waals surface area contributed by atoms with Crippen LogP contribution in [-0.2, 0) is 9.59 Å². The van der Waals surface area contributed by atoms with Gasteiger partial charge in [-0.15, -0.1) is 0 Å². The molecule has 0 aliphatic carbocycles. The average molecular weight is 438 g/mol. The minimum Gasteiger partial charge on any atom is -0.484 e. The van der Waals surface area contributed by atoms with Gasteiger partial charge in [-0.25, -0.2) is 0 Å². The molecule has 3 aromatic rings. The molecule has 0 saturated heterocycles. The summed E-state index contributed by atoms with van der Waals surface area (Å²) in [6, 6.07) is 19.2. The Balaban J connectivity index is 1.37. The van der Waals surface area contributed by atoms with Crippen molar-refractivity contribution in [3.8, 4) is 11.5 Å². The van der Waals surface area contributed by atoms with E-state index in [0.717, 1.165) is 21.9 Å². The topological polar surface area (TPSA) is 88.7 Å². The Labute approximate surface area is 185 Å². The fourth-order valence-electron chi connectivity index (χ4n) is 2.77. The van der Waals surface area contributed by atoms with E-state index in [1.807, 2.05) is 68.4 Å². The maximum absolute atomic E-state index is 12.0. The van der Waals surface area contributed by atoms with E-state index in [2.05, 4.69) is 16.2 Å². The van der Waals surface area contributed by atoms with Gasteiger partial charge >= 0.3 is 0 Å². The minimum atomic E-state index is -0.448. The average Bonchev–Trinajstić information content (AvgIpc) is 2.76. The molecule has 0 spiro atoms. The summed E-state index contributed by atoms with van der Waals surface area (Å²) in [6.45, 7) is 3.43. The molecular formula is C23H23N3O4S. The second kappa shape index (κ2) is 10.4. The van der Waals surface area contributed by atoms with Crippen molar-refractivity contribution in [2.45, 2.75) is 13.8 Å². The van der Waals surface area contributed by atoms with E-state index in [1.54, 1.807) is 6.07 Å². The summed E-state index contributed by atoms with van der Waals surface area (Å²) in [6.07, 6.45) is 0. The Bertz CT molecular complexity index is 1120. The van der Waals surface area contributed by atoms with Gasteiger partial charge in [0.2, 0.25) is 0 Å². The number of nitrogens with one attached hydrogen (secondary N) is 3. The number of amides is 2. The third-order valence-electron chi connectivity index (χ3n) is 4.36. The Hall–Kier alpha value is -3.65. The van der Waals surface area contributed by atoms with Crippen LogP contribution >= 0.6 is 12.2 Å². The zero-order valence-corrected chi connectivity index (χ0v) is 18.0. The molecule has 3 aromatic carbocycles. The first-order valence-electron chi connectivity index (χ1n) is 9.61. The third-order valence-corrected chi connectivity index (χ3v) is 4.57. The van der Waals surface area contributed by atoms with Gasteiger partial charge in [0.25, 0.3) is 11.8 Å². The van der Waals surface area contributed by atoms with Crippen molar-refractivity contribution in [3.05, 3.63) is 71.8 Å². The van der Waals surface area contributed by atoms with E-state index < -0.39 is 11.8 Å². The lowest BCUT2D eigenvalue weighted by Crippen LogP contribution is -2.50. The molecule has 7 nitrogen and oxygen atoms in total. The van der Waals surface area contributed by atoms with Crippen LogP contribution in [0.25, 0.3) is 10.8 Å². The largest absolute Gasteiger partial charge is 0.484 e. The second-order valence-corrected chi connectivity index (χ2v) is 7.31. The highest BCUT2D eigenvalue weighted by molar-refractivity contribution is 7.80. The van der Waals surface area contributed by atoms with Crippen LogP contribution in [0, 0.1) is 13.8 Å². The predicted octanol–water partition coefficient (Wildman–Crippen LogP) is 2.94. The highest BCUT2D eigenvalue weighted by Gasteiger charge is 2.09. The van der Waals surface area contributed by atoms with Gasteiger partial charge in [-0.1, -0.05) is 42.5 Å². The smallest absolute Gasteiger partial charge is 0.276 e. The monoisotopic (exact) mass is 437 g/mol. The minimum absolute atomic E-state index is 0.0476. The molecule has 0 radical (unpaired) electrons. The van der Waals surface area contributed by atoms with Crippen LogP contribution in [-0.4, -0.2) is 30.1 Å². The fraction of sp³-hybridized carbons (Fsp3) is 0.174. The van der Waals surface area contributed by atoms with Crippen LogP contribution in [0.3, 0.4) is 0 Å². The molecule has 0 fully saturated rings. The first kappa shape index (κ1) is 22.0. The van der Waals surface area contributed by atoms with Crippen LogP contribution in [0.5, 0.6) is 11.5 Å². The van der Waals surface area contributed by atoms with E-state index in [9.17, 15) is 9.59 Å². The van der Waals surface area contributed by atoms with E-state index in [0.29, 0.717) is 11.5 Å². The highest BCUT2D eigenvalue weighted by atomic mass is 32.1. The number of fused-ring (bicyclic) bond motifs is 1. The summed E-state index contributed by atoms with van der Waals surface area (Å²) in [7, 11) is 0. The maximum Gasteiger partial charge on any atom is 0.276 e. The second-order valence-electron chi connectivity index (χ2n) is 6.91. The number of carbonyl (C=O) groups is 2. The molecule has 0 saturated carbocycles. The van der Waals surface area contributed by atoms with Gasteiger partial charge in [-0.2, -0.15) is 0 Å². The number of rotatable bonds is 6. The van der Waals surface area contributed by atoms with Crippen LogP contribution in [0.4, 0.5) is 0 Å². The van der Waals surface area contributed by atoms with E-state index >= 15 is 0 Å². The van der Waals surface area contributed by atoms with Gasteiger partial charge < -0.3 is 9.47 Å². The molecule has 3 N–H and O–H groups in total. The van der Waals surface area contributed by atoms with Gasteiger partial charge in [0, 0.05) is 0 Å². The third kappa shape index (κ3) is 6.68. The van der Waals surface area contributed by atoms with Crippen molar-refractivity contribution in [1.29, 1.82) is 0 Å². The van der Waals surface area contributed by atoms with E-state index in [4.69, 9.17) is 21.7 Å². The zero-order chi connectivity index (χ0) is 22.2. The van der Waals surface area contributed by atoms with Crippen molar-refractivity contribution >= 4 is 39.9 Å². The lowest BCUT2D eigenvalue weighted by atomic mass is 10.1. The van der Waals surface area contributed by atoms with Crippen molar-refractivity contribution in [2.24, 2.45) is 0 Å². The Kier molecular flexibility index (Phi) is 7.40. The van der Waals surface area contributed by atoms with Gasteiger partial charge in [0.05, 0.1) is 0 Å². The standard InChI is InChI=1S/C23H23N3O4S/c1-15-7-8-16(2)20(11-15)30-13-21(27)24-23(31)26-25-22(28)14-29-19-10-9-17-5-3-4-6-18(17)12-19/h3-12H,13-14H2,1-2H3,(H,25,28)(H2,24,26,27,31). The van der Waals surface area contributed by atoms with E-state index in [-0.39, 0.29) is 18.3 Å². The summed E-state index contributed by atoms with van der Waals surface area (Å²) >= 11 is 5.00. The normalized spacial score (nSPS) is 10.3. The first-order chi connectivity index (χ1) is 14.9. The van der Waals surface area contributed by atoms with Crippen molar-refractivity contribution in [1.82, 2.24) is 16.2 Å². The molecule has 0 aliphatic heterocycles. The summed E-state index contributed by atoms with van der Waals surface area (Å²) in [5.74, 6) is 0.318. The number of hydrogen-bond donors (Lipinski definition) is 3. The number of ether oxygens (including phenoxy) is 2. The number of aryl methyl sites for hydroxylation is 2. The SMILES string of the molecule is Cc1ccc(C)c(OCC(=O)NC(=S)NNC(=O)COc2ccc3ccccc3c2)c1. The first-order valence-corrected chi connectivity index (χ1v) is 10.0. The molecule has 0 aromatic heterocycles. The van der Waals surface area contributed by atoms with Crippen LogP contribution in [0.15, 0.2) is 60.7 Å². The van der Waals surface area contributed by atoms with Crippen LogP contribution in [0.1, 0.15) is 11.1 Å². The van der Waals surface area contributed by atoms with Crippen molar-refractivity contribution in [3.63, 3.8) is 0 Å². The zero-order valence-electron chi connectivity index (χ0n) is 17.2. The molecule has 3 rings (SSSR count). The van der Waals surface area contributed by atoms with Gasteiger partial charge in [0.15, 0.2) is 18.3 Å². The lowest BCUT2D eigenvalue weighted by Gasteiger charge is -2.13. The molecule has 0 aliphatic rings. The fourth-order valence-corrected chi connectivity index (χ4v) is 2.93. The van der Waals surface area contributed by atoms with Gasteiger partial charge in [-0.05, 0) is 66.2 Å². The Morgan fingerprint density at radius 2 is 1.58 bits per heavy atom. The summed E-state index contributed by atoms with van der Waals surface area (Å²) < 4.78 is 11.0. The molecular weight excluding hydrogens is 414 g/mol. The molecule has 2 amide bonds. The van der Waals surface area contributed by atoms with Crippen LogP contribution in [0.2, 0.25) is 0 Å². The van der Waals surface area contributed by atoms with Gasteiger partial charge in [-0.3, -0.25) is 25.8 Å². The maximum atomic E-state index is 12.0. The quantitative estimate of drug-likeness (QED) is 0.406. The summed E-state index contributed by atoms with van der Waals surface area (Å²) in [4.78, 5) is 23.9. The molecule has 0 unspecified atom stereocenters. The molecule has 0 heterocycles. The number of hydrazine groups is 1. The van der Waals surface area contributed by atoms with Gasteiger partial charge in [0.1, 0.15) is 11.5 Å². The molecule has 160 valence electrons. The number of hydrogen-bond acceptors (Lipinski definition) is 5. The number of thiocarbonyl (C=S) groups is 1. The van der Waals surface area contributed by atoms with Crippen LogP contribution < -0.4 is 25.6 Å². The predicted molar refractivity (Wildman–Crippen MR) is 123 cm³/mol. The summed E-state index contributed by atoms with van der Waals surface area (Å²) in [5, 5.41) is 4.49. The molecule has 8 heteroatoms. The Morgan fingerprint density at radius 1 is 0.839 bits per heavy atom. The molecule has 0 atom stereocenters. The highest BCUT2D eigenvalue weighted by Crippen LogP contribution is 2.20. The molecule has 0 bridgehead atoms. The lowest BCUT2D eigenvalue weighted by molar-refractivity contribution is -0.124. The number of carbonyl (C=O) groups excluding carboxylic acids is 2. The Morgan fingerprint density at radius 3 is 2.39 bits per heavy atom. The summed E-state index contributed by atoms with van der Waals surface area (Å²) in [5.41, 5.74) is 6.80. The van der Waals surface area contributed by atoms with Crippen molar-refractivity contribution in [2.75, 3.05) is 13.2 Å². The molecule has 31 heavy (non-hydrogen) atoms.